The number of nitrogens with zero attached hydrogens (tertiary/aromatic N) is 3. The lowest BCUT2D eigenvalue weighted by molar-refractivity contribution is 0.101. The van der Waals surface area contributed by atoms with Crippen molar-refractivity contribution in [1.29, 1.82) is 0 Å². The third-order valence-electron chi connectivity index (χ3n) is 5.43. The van der Waals surface area contributed by atoms with Crippen LogP contribution in [0.2, 0.25) is 0 Å². The molecular weight excluding hydrogens is 492 g/mol. The number of ether oxygens (including phenoxy) is 2. The Kier molecular flexibility index (Phi) is 7.24. The molecular formula is C23H25BrN4O5. The molecule has 10 heteroatoms. The van der Waals surface area contributed by atoms with Crippen LogP contribution in [0, 0.1) is 0 Å². The lowest BCUT2D eigenvalue weighted by atomic mass is 10.1. The number of carbonyl (C=O) groups is 2. The Balaban J connectivity index is 1.79. The van der Waals surface area contributed by atoms with E-state index in [0.29, 0.717) is 39.9 Å². The van der Waals surface area contributed by atoms with Crippen molar-refractivity contribution in [3.8, 4) is 0 Å². The number of aromatic nitrogens is 2. The molecule has 1 amide bonds. The molecule has 1 unspecified atom stereocenters. The monoisotopic (exact) mass is 516 g/mol. The first-order chi connectivity index (χ1) is 16.0. The number of hydrogen-bond acceptors (Lipinski definition) is 8. The maximum absolute atomic E-state index is 13.5. The maximum Gasteiger partial charge on any atom is 0.414 e. The van der Waals surface area contributed by atoms with Gasteiger partial charge in [-0.25, -0.2) is 14.8 Å². The molecule has 0 radical (unpaired) electrons. The van der Waals surface area contributed by atoms with Crippen molar-refractivity contribution in [1.82, 2.24) is 9.97 Å². The summed E-state index contributed by atoms with van der Waals surface area (Å²) in [4.78, 5) is 36.5. The number of nitrogens with one attached hydrogen (secondary N) is 1. The smallest absolute Gasteiger partial charge is 0.414 e. The van der Waals surface area contributed by atoms with E-state index in [4.69, 9.17) is 13.9 Å². The fourth-order valence-corrected chi connectivity index (χ4v) is 4.15. The Hall–Kier alpha value is -2.98. The van der Waals surface area contributed by atoms with E-state index < -0.39 is 11.9 Å². The molecule has 1 N–H and O–H groups in total. The lowest BCUT2D eigenvalue weighted by Gasteiger charge is -2.23. The molecule has 0 saturated carbocycles. The number of hydrogen-bond donors (Lipinski definition) is 1. The Bertz CT molecular complexity index is 1140. The minimum Gasteiger partial charge on any atom is -0.449 e. The van der Waals surface area contributed by atoms with E-state index in [1.165, 1.54) is 11.1 Å². The summed E-state index contributed by atoms with van der Waals surface area (Å²) < 4.78 is 17.7. The molecule has 1 fully saturated rings. The van der Waals surface area contributed by atoms with Crippen LogP contribution in [0.4, 0.5) is 16.3 Å². The SMILES string of the molecule is CCOC(=O)N(CCC1CCCO1)c1c(C(=O)c2ccc(NC)nc2)oc2ncc(Br)cc12. The standard InChI is InChI=1S/C23H25BrN4O5/c1-3-31-23(30)28(9-8-16-5-4-10-32-16)19-17-11-15(24)13-27-22(17)33-21(19)20(29)14-6-7-18(25-2)26-12-14/h6-7,11-13,16H,3-5,8-10H2,1-2H3,(H,25,26). The van der Waals surface area contributed by atoms with Gasteiger partial charge in [0.15, 0.2) is 0 Å². The topological polar surface area (TPSA) is 107 Å². The van der Waals surface area contributed by atoms with E-state index in [0.717, 1.165) is 19.4 Å². The number of amides is 1. The van der Waals surface area contributed by atoms with Gasteiger partial charge in [-0.15, -0.1) is 0 Å². The molecule has 1 aliphatic rings. The third kappa shape index (κ3) is 5.01. The van der Waals surface area contributed by atoms with Crippen molar-refractivity contribution >= 4 is 50.4 Å². The number of ketones is 1. The van der Waals surface area contributed by atoms with E-state index in [-0.39, 0.29) is 24.2 Å². The van der Waals surface area contributed by atoms with Crippen molar-refractivity contribution in [2.75, 3.05) is 37.0 Å². The molecule has 4 rings (SSSR count). The van der Waals surface area contributed by atoms with Crippen LogP contribution >= 0.6 is 15.9 Å². The van der Waals surface area contributed by atoms with E-state index in [9.17, 15) is 9.59 Å². The molecule has 0 spiro atoms. The second-order valence-electron chi connectivity index (χ2n) is 7.57. The van der Waals surface area contributed by atoms with Crippen molar-refractivity contribution in [3.63, 3.8) is 0 Å². The van der Waals surface area contributed by atoms with Crippen LogP contribution in [0.25, 0.3) is 11.1 Å². The number of furan rings is 1. The quantitative estimate of drug-likeness (QED) is 0.425. The van der Waals surface area contributed by atoms with E-state index in [1.54, 1.807) is 38.4 Å². The predicted molar refractivity (Wildman–Crippen MR) is 127 cm³/mol. The summed E-state index contributed by atoms with van der Waals surface area (Å²) in [6, 6.07) is 5.13. The zero-order valence-corrected chi connectivity index (χ0v) is 20.1. The minimum atomic E-state index is -0.559. The number of pyridine rings is 2. The first-order valence-corrected chi connectivity index (χ1v) is 11.6. The minimum absolute atomic E-state index is 0.00926. The first kappa shape index (κ1) is 23.2. The molecule has 0 aliphatic carbocycles. The lowest BCUT2D eigenvalue weighted by Crippen LogP contribution is -2.35. The van der Waals surface area contributed by atoms with Crippen molar-refractivity contribution in [2.24, 2.45) is 0 Å². The van der Waals surface area contributed by atoms with Gasteiger partial charge in [0.1, 0.15) is 11.5 Å². The van der Waals surface area contributed by atoms with Crippen LogP contribution in [0.5, 0.6) is 0 Å². The molecule has 1 saturated heterocycles. The van der Waals surface area contributed by atoms with Gasteiger partial charge in [-0.05, 0) is 60.3 Å². The molecule has 4 heterocycles. The molecule has 33 heavy (non-hydrogen) atoms. The summed E-state index contributed by atoms with van der Waals surface area (Å²) in [5.41, 5.74) is 0.914. The number of carbonyl (C=O) groups excluding carboxylic acids is 2. The van der Waals surface area contributed by atoms with Crippen LogP contribution in [-0.4, -0.2) is 54.8 Å². The van der Waals surface area contributed by atoms with Gasteiger partial charge < -0.3 is 19.2 Å². The normalized spacial score (nSPS) is 15.5. The van der Waals surface area contributed by atoms with Gasteiger partial charge in [0, 0.05) is 42.6 Å². The van der Waals surface area contributed by atoms with Gasteiger partial charge in [0.05, 0.1) is 18.1 Å². The zero-order valence-electron chi connectivity index (χ0n) is 18.5. The summed E-state index contributed by atoms with van der Waals surface area (Å²) in [6.07, 6.45) is 5.08. The van der Waals surface area contributed by atoms with Gasteiger partial charge >= 0.3 is 6.09 Å². The summed E-state index contributed by atoms with van der Waals surface area (Å²) in [7, 11) is 1.75. The molecule has 3 aromatic rings. The summed E-state index contributed by atoms with van der Waals surface area (Å²) >= 11 is 3.42. The first-order valence-electron chi connectivity index (χ1n) is 10.8. The van der Waals surface area contributed by atoms with Gasteiger partial charge in [0.2, 0.25) is 17.3 Å². The largest absolute Gasteiger partial charge is 0.449 e. The highest BCUT2D eigenvalue weighted by molar-refractivity contribution is 9.10. The fourth-order valence-electron chi connectivity index (χ4n) is 3.81. The third-order valence-corrected chi connectivity index (χ3v) is 5.87. The zero-order chi connectivity index (χ0) is 23.4. The fraction of sp³-hybridized carbons (Fsp3) is 0.391. The summed E-state index contributed by atoms with van der Waals surface area (Å²) in [5.74, 6) is 0.238. The molecule has 3 aromatic heterocycles. The highest BCUT2D eigenvalue weighted by Crippen LogP contribution is 2.37. The van der Waals surface area contributed by atoms with Gasteiger partial charge in [-0.3, -0.25) is 9.69 Å². The molecule has 9 nitrogen and oxygen atoms in total. The molecule has 1 atom stereocenters. The van der Waals surface area contributed by atoms with Crippen LogP contribution in [-0.2, 0) is 9.47 Å². The van der Waals surface area contributed by atoms with E-state index in [2.05, 4.69) is 31.2 Å². The number of fused-ring (bicyclic) bond motifs is 1. The molecule has 0 aromatic carbocycles. The summed E-state index contributed by atoms with van der Waals surface area (Å²) in [6.45, 7) is 2.96. The van der Waals surface area contributed by atoms with Crippen molar-refractivity contribution in [3.05, 3.63) is 46.4 Å². The van der Waals surface area contributed by atoms with Gasteiger partial charge in [-0.1, -0.05) is 0 Å². The van der Waals surface area contributed by atoms with Gasteiger partial charge in [0.25, 0.3) is 0 Å². The highest BCUT2D eigenvalue weighted by atomic mass is 79.9. The average Bonchev–Trinajstić information content (AvgIpc) is 3.47. The Labute approximate surface area is 199 Å². The van der Waals surface area contributed by atoms with E-state index >= 15 is 0 Å². The number of rotatable bonds is 8. The molecule has 0 bridgehead atoms. The predicted octanol–water partition coefficient (Wildman–Crippen LogP) is 4.79. The van der Waals surface area contributed by atoms with Crippen molar-refractivity contribution < 1.29 is 23.5 Å². The van der Waals surface area contributed by atoms with Crippen LogP contribution in [0.1, 0.15) is 42.3 Å². The maximum atomic E-state index is 13.5. The second kappa shape index (κ2) is 10.3. The Morgan fingerprint density at radius 3 is 2.82 bits per heavy atom. The number of halogens is 1. The Morgan fingerprint density at radius 2 is 2.15 bits per heavy atom. The second-order valence-corrected chi connectivity index (χ2v) is 8.49. The Morgan fingerprint density at radius 1 is 1.30 bits per heavy atom. The molecule has 174 valence electrons. The van der Waals surface area contributed by atoms with Crippen LogP contribution < -0.4 is 10.2 Å². The number of anilines is 2. The van der Waals surface area contributed by atoms with Crippen molar-refractivity contribution in [2.45, 2.75) is 32.3 Å². The molecule has 1 aliphatic heterocycles. The van der Waals surface area contributed by atoms with Crippen LogP contribution in [0.15, 0.2) is 39.5 Å². The summed E-state index contributed by atoms with van der Waals surface area (Å²) in [5, 5.41) is 3.46. The highest BCUT2D eigenvalue weighted by Gasteiger charge is 2.32. The van der Waals surface area contributed by atoms with E-state index in [1.807, 2.05) is 0 Å². The van der Waals surface area contributed by atoms with Crippen LogP contribution in [0.3, 0.4) is 0 Å². The van der Waals surface area contributed by atoms with Gasteiger partial charge in [-0.2, -0.15) is 0 Å². The average molecular weight is 517 g/mol.